The Kier molecular flexibility index (Phi) is 6.33. The average molecular weight is 402 g/mol. The third kappa shape index (κ3) is 5.01. The molecule has 3 aromatic rings. The van der Waals surface area contributed by atoms with E-state index in [-0.39, 0.29) is 12.0 Å². The van der Waals surface area contributed by atoms with Crippen molar-refractivity contribution in [2.24, 2.45) is 0 Å². The second kappa shape index (κ2) is 9.49. The largest absolute Gasteiger partial charge is 0.490 e. The van der Waals surface area contributed by atoms with Gasteiger partial charge in [-0.1, -0.05) is 49.4 Å². The highest BCUT2D eigenvalue weighted by atomic mass is 16.5. The van der Waals surface area contributed by atoms with Crippen LogP contribution in [0.15, 0.2) is 78.9 Å². The third-order valence-corrected chi connectivity index (χ3v) is 5.40. The van der Waals surface area contributed by atoms with Crippen LogP contribution in [0.3, 0.4) is 0 Å². The minimum atomic E-state index is 0.166. The van der Waals surface area contributed by atoms with Crippen LogP contribution in [0, 0.1) is 0 Å². The van der Waals surface area contributed by atoms with Gasteiger partial charge in [-0.2, -0.15) is 0 Å². The summed E-state index contributed by atoms with van der Waals surface area (Å²) in [6.07, 6.45) is 2.50. The molecule has 1 fully saturated rings. The summed E-state index contributed by atoms with van der Waals surface area (Å²) in [6.45, 7) is 3.48. The second-order valence-corrected chi connectivity index (χ2v) is 7.52. The zero-order chi connectivity index (χ0) is 20.8. The van der Waals surface area contributed by atoms with Gasteiger partial charge in [0.2, 0.25) is 5.91 Å². The van der Waals surface area contributed by atoms with Gasteiger partial charge < -0.3 is 14.4 Å². The lowest BCUT2D eigenvalue weighted by Crippen LogP contribution is -2.41. The summed E-state index contributed by atoms with van der Waals surface area (Å²) in [5.41, 5.74) is 2.21. The standard InChI is InChI=1S/C26H27NO3/c1-2-26(28)27-17-15-24(16-18-27)29-23-13-11-20(12-14-23)21-7-6-10-25(19-21)30-22-8-4-3-5-9-22/h3-14,19,24H,2,15-18H2,1H3. The van der Waals surface area contributed by atoms with Crippen LogP contribution >= 0.6 is 0 Å². The Morgan fingerprint density at radius 1 is 0.833 bits per heavy atom. The number of carbonyl (C=O) groups excluding carboxylic acids is 1. The molecule has 0 spiro atoms. The molecular weight excluding hydrogens is 374 g/mol. The lowest BCUT2D eigenvalue weighted by Gasteiger charge is -2.32. The maximum Gasteiger partial charge on any atom is 0.222 e. The van der Waals surface area contributed by atoms with E-state index in [2.05, 4.69) is 18.2 Å². The van der Waals surface area contributed by atoms with Crippen LogP contribution in [-0.2, 0) is 4.79 Å². The van der Waals surface area contributed by atoms with Crippen molar-refractivity contribution >= 4 is 5.91 Å². The van der Waals surface area contributed by atoms with E-state index >= 15 is 0 Å². The first-order valence-corrected chi connectivity index (χ1v) is 10.6. The number of hydrogen-bond acceptors (Lipinski definition) is 3. The molecule has 1 aliphatic heterocycles. The number of amides is 1. The Morgan fingerprint density at radius 3 is 2.23 bits per heavy atom. The van der Waals surface area contributed by atoms with Crippen molar-refractivity contribution in [3.63, 3.8) is 0 Å². The van der Waals surface area contributed by atoms with Crippen LogP contribution in [0.25, 0.3) is 11.1 Å². The predicted octanol–water partition coefficient (Wildman–Crippen LogP) is 5.93. The van der Waals surface area contributed by atoms with Crippen LogP contribution in [0.5, 0.6) is 17.2 Å². The van der Waals surface area contributed by atoms with Crippen molar-refractivity contribution in [2.75, 3.05) is 13.1 Å². The van der Waals surface area contributed by atoms with Gasteiger partial charge in [0.1, 0.15) is 23.4 Å². The summed E-state index contributed by atoms with van der Waals surface area (Å²) in [6, 6.07) is 26.1. The molecule has 154 valence electrons. The number of piperidine rings is 1. The van der Waals surface area contributed by atoms with Crippen molar-refractivity contribution in [2.45, 2.75) is 32.3 Å². The number of rotatable bonds is 6. The summed E-state index contributed by atoms with van der Waals surface area (Å²) < 4.78 is 12.1. The first kappa shape index (κ1) is 20.0. The minimum absolute atomic E-state index is 0.166. The fourth-order valence-corrected chi connectivity index (χ4v) is 3.73. The van der Waals surface area contributed by atoms with Gasteiger partial charge >= 0.3 is 0 Å². The monoisotopic (exact) mass is 401 g/mol. The second-order valence-electron chi connectivity index (χ2n) is 7.52. The molecule has 0 unspecified atom stereocenters. The van der Waals surface area contributed by atoms with Gasteiger partial charge in [0.05, 0.1) is 0 Å². The minimum Gasteiger partial charge on any atom is -0.490 e. The molecule has 4 rings (SSSR count). The Labute approximate surface area is 178 Å². The molecule has 0 aliphatic carbocycles. The molecule has 4 nitrogen and oxygen atoms in total. The number of benzene rings is 3. The van der Waals surface area contributed by atoms with E-state index in [1.54, 1.807) is 0 Å². The zero-order valence-electron chi connectivity index (χ0n) is 17.3. The van der Waals surface area contributed by atoms with Crippen molar-refractivity contribution in [3.05, 3.63) is 78.9 Å². The lowest BCUT2D eigenvalue weighted by molar-refractivity contribution is -0.132. The van der Waals surface area contributed by atoms with Gasteiger partial charge in [0, 0.05) is 32.4 Å². The van der Waals surface area contributed by atoms with E-state index in [1.807, 2.05) is 72.5 Å². The molecule has 1 saturated heterocycles. The van der Waals surface area contributed by atoms with Crippen LogP contribution in [-0.4, -0.2) is 30.0 Å². The van der Waals surface area contributed by atoms with Crippen LogP contribution in [0.2, 0.25) is 0 Å². The van der Waals surface area contributed by atoms with Gasteiger partial charge in [-0.05, 0) is 47.5 Å². The molecular formula is C26H27NO3. The number of likely N-dealkylation sites (tertiary alicyclic amines) is 1. The van der Waals surface area contributed by atoms with Gasteiger partial charge in [-0.15, -0.1) is 0 Å². The van der Waals surface area contributed by atoms with Crippen LogP contribution in [0.4, 0.5) is 0 Å². The number of carbonyl (C=O) groups is 1. The Hall–Kier alpha value is -3.27. The topological polar surface area (TPSA) is 38.8 Å². The van der Waals surface area contributed by atoms with Crippen LogP contribution < -0.4 is 9.47 Å². The molecule has 0 bridgehead atoms. The zero-order valence-corrected chi connectivity index (χ0v) is 17.3. The molecule has 1 heterocycles. The molecule has 30 heavy (non-hydrogen) atoms. The van der Waals surface area contributed by atoms with Gasteiger partial charge in [0.15, 0.2) is 0 Å². The third-order valence-electron chi connectivity index (χ3n) is 5.40. The molecule has 1 amide bonds. The molecule has 0 N–H and O–H groups in total. The number of hydrogen-bond donors (Lipinski definition) is 0. The summed E-state index contributed by atoms with van der Waals surface area (Å²) in [4.78, 5) is 13.7. The normalized spacial score (nSPS) is 14.4. The maximum atomic E-state index is 11.8. The summed E-state index contributed by atoms with van der Waals surface area (Å²) >= 11 is 0. The summed E-state index contributed by atoms with van der Waals surface area (Å²) in [5.74, 6) is 2.74. The van der Waals surface area contributed by atoms with Crippen LogP contribution in [0.1, 0.15) is 26.2 Å². The molecule has 0 radical (unpaired) electrons. The van der Waals surface area contributed by atoms with E-state index in [4.69, 9.17) is 9.47 Å². The highest BCUT2D eigenvalue weighted by molar-refractivity contribution is 5.75. The fourth-order valence-electron chi connectivity index (χ4n) is 3.73. The van der Waals surface area contributed by atoms with E-state index in [1.165, 1.54) is 0 Å². The summed E-state index contributed by atoms with van der Waals surface area (Å²) in [7, 11) is 0. The number of ether oxygens (including phenoxy) is 2. The molecule has 3 aromatic carbocycles. The quantitative estimate of drug-likeness (QED) is 0.514. The molecule has 4 heteroatoms. The van der Waals surface area contributed by atoms with E-state index in [0.29, 0.717) is 6.42 Å². The van der Waals surface area contributed by atoms with Gasteiger partial charge in [-0.25, -0.2) is 0 Å². The molecule has 0 atom stereocenters. The Bertz CT molecular complexity index is 961. The van der Waals surface area contributed by atoms with Gasteiger partial charge in [-0.3, -0.25) is 4.79 Å². The number of nitrogens with zero attached hydrogens (tertiary/aromatic N) is 1. The summed E-state index contributed by atoms with van der Waals surface area (Å²) in [5, 5.41) is 0. The van der Waals surface area contributed by atoms with E-state index in [0.717, 1.165) is 54.3 Å². The van der Waals surface area contributed by atoms with E-state index < -0.39 is 0 Å². The van der Waals surface area contributed by atoms with Crippen molar-refractivity contribution in [3.8, 4) is 28.4 Å². The maximum absolute atomic E-state index is 11.8. The average Bonchev–Trinajstić information content (AvgIpc) is 2.80. The highest BCUT2D eigenvalue weighted by Crippen LogP contribution is 2.29. The van der Waals surface area contributed by atoms with Crippen molar-refractivity contribution in [1.29, 1.82) is 0 Å². The smallest absolute Gasteiger partial charge is 0.222 e. The van der Waals surface area contributed by atoms with Gasteiger partial charge in [0.25, 0.3) is 0 Å². The predicted molar refractivity (Wildman–Crippen MR) is 119 cm³/mol. The van der Waals surface area contributed by atoms with E-state index in [9.17, 15) is 4.79 Å². The lowest BCUT2D eigenvalue weighted by atomic mass is 10.0. The first-order valence-electron chi connectivity index (χ1n) is 10.6. The SMILES string of the molecule is CCC(=O)N1CCC(Oc2ccc(-c3cccc(Oc4ccccc4)c3)cc2)CC1. The van der Waals surface area contributed by atoms with Crippen molar-refractivity contribution < 1.29 is 14.3 Å². The Morgan fingerprint density at radius 2 is 1.53 bits per heavy atom. The number of para-hydroxylation sites is 1. The van der Waals surface area contributed by atoms with Crippen molar-refractivity contribution in [1.82, 2.24) is 4.90 Å². The molecule has 0 saturated carbocycles. The Balaban J connectivity index is 1.37. The highest BCUT2D eigenvalue weighted by Gasteiger charge is 2.22. The first-order chi connectivity index (χ1) is 14.7. The fraction of sp³-hybridized carbons (Fsp3) is 0.269. The molecule has 0 aromatic heterocycles. The molecule has 1 aliphatic rings.